The Balaban J connectivity index is 1.77. The predicted molar refractivity (Wildman–Crippen MR) is 97.1 cm³/mol. The molecule has 7 heteroatoms. The van der Waals surface area contributed by atoms with Crippen LogP contribution in [0, 0.1) is 0 Å². The van der Waals surface area contributed by atoms with E-state index in [-0.39, 0.29) is 6.03 Å². The van der Waals surface area contributed by atoms with Crippen LogP contribution in [-0.2, 0) is 0 Å². The molecule has 0 aromatic heterocycles. The number of nitrogens with one attached hydrogen (secondary N) is 2. The number of nitrogens with zero attached hydrogens (tertiary/aromatic N) is 1. The number of urea groups is 1. The minimum atomic E-state index is -0.450. The van der Waals surface area contributed by atoms with Crippen molar-refractivity contribution < 1.29 is 9.53 Å². The van der Waals surface area contributed by atoms with Crippen LogP contribution in [0.3, 0.4) is 0 Å². The summed E-state index contributed by atoms with van der Waals surface area (Å²) >= 11 is 11.9. The van der Waals surface area contributed by atoms with E-state index in [1.165, 1.54) is 0 Å². The van der Waals surface area contributed by atoms with Crippen LogP contribution in [0.4, 0.5) is 16.2 Å². The van der Waals surface area contributed by atoms with Crippen LogP contribution in [0.25, 0.3) is 0 Å². The molecule has 0 unspecified atom stereocenters. The first-order valence-corrected chi connectivity index (χ1v) is 8.17. The van der Waals surface area contributed by atoms with E-state index >= 15 is 0 Å². The maximum atomic E-state index is 12.3. The van der Waals surface area contributed by atoms with Crippen LogP contribution in [0.1, 0.15) is 13.8 Å². The van der Waals surface area contributed by atoms with Gasteiger partial charge in [-0.25, -0.2) is 10.2 Å². The predicted octanol–water partition coefficient (Wildman–Crippen LogP) is 4.71. The van der Waals surface area contributed by atoms with Crippen molar-refractivity contribution in [1.82, 2.24) is 5.43 Å². The van der Waals surface area contributed by atoms with Crippen LogP contribution in [-0.4, -0.2) is 18.2 Å². The van der Waals surface area contributed by atoms with Crippen molar-refractivity contribution in [2.75, 3.05) is 16.9 Å². The summed E-state index contributed by atoms with van der Waals surface area (Å²) in [4.78, 5) is 12.3. The molecule has 2 aromatic rings. The van der Waals surface area contributed by atoms with Gasteiger partial charge in [0.25, 0.3) is 0 Å². The molecule has 2 aromatic carbocycles. The van der Waals surface area contributed by atoms with Gasteiger partial charge < -0.3 is 10.1 Å². The van der Waals surface area contributed by atoms with Gasteiger partial charge in [0.15, 0.2) is 0 Å². The Morgan fingerprint density at radius 2 is 1.79 bits per heavy atom. The van der Waals surface area contributed by atoms with Gasteiger partial charge in [-0.15, -0.1) is 0 Å². The van der Waals surface area contributed by atoms with Crippen molar-refractivity contribution in [3.05, 3.63) is 52.5 Å². The van der Waals surface area contributed by atoms with Gasteiger partial charge in [0.1, 0.15) is 17.0 Å². The van der Waals surface area contributed by atoms with Crippen molar-refractivity contribution in [3.8, 4) is 5.75 Å². The van der Waals surface area contributed by atoms with Gasteiger partial charge in [-0.3, -0.25) is 5.01 Å². The number of rotatable bonds is 2. The molecule has 3 rings (SSSR count). The number of hydrogen-bond acceptors (Lipinski definition) is 3. The number of hydrogen-bond donors (Lipinski definition) is 2. The Morgan fingerprint density at radius 1 is 1.12 bits per heavy atom. The zero-order chi connectivity index (χ0) is 17.3. The highest BCUT2D eigenvalue weighted by Gasteiger charge is 2.32. The van der Waals surface area contributed by atoms with Gasteiger partial charge in [0.05, 0.1) is 6.54 Å². The number of amides is 2. The molecule has 0 aliphatic carbocycles. The van der Waals surface area contributed by atoms with Crippen LogP contribution in [0.15, 0.2) is 42.5 Å². The van der Waals surface area contributed by atoms with Crippen molar-refractivity contribution in [2.24, 2.45) is 0 Å². The minimum absolute atomic E-state index is 0.360. The molecule has 2 N–H and O–H groups in total. The second-order valence-electron chi connectivity index (χ2n) is 6.13. The standard InChI is InChI=1S/C17H17Cl2N3O2/c1-17(2)10-22(14-9-12(19)5-8-15(14)24-17)21-16(23)20-13-6-3-11(18)4-7-13/h3-9H,10H2,1-2H3,(H2,20,21,23). The quantitative estimate of drug-likeness (QED) is 0.810. The van der Waals surface area contributed by atoms with E-state index in [1.54, 1.807) is 47.5 Å². The fraction of sp³-hybridized carbons (Fsp3) is 0.235. The number of carbonyl (C=O) groups excluding carboxylic acids is 1. The summed E-state index contributed by atoms with van der Waals surface area (Å²) in [5, 5.41) is 5.68. The van der Waals surface area contributed by atoms with Crippen molar-refractivity contribution in [2.45, 2.75) is 19.4 Å². The van der Waals surface area contributed by atoms with Gasteiger partial charge in [-0.05, 0) is 56.3 Å². The lowest BCUT2D eigenvalue weighted by atomic mass is 10.1. The molecule has 24 heavy (non-hydrogen) atoms. The third-order valence-electron chi connectivity index (χ3n) is 3.48. The fourth-order valence-corrected chi connectivity index (χ4v) is 2.79. The summed E-state index contributed by atoms with van der Waals surface area (Å²) in [6.45, 7) is 4.39. The van der Waals surface area contributed by atoms with E-state index in [2.05, 4.69) is 10.7 Å². The fourth-order valence-electron chi connectivity index (χ4n) is 2.50. The number of fused-ring (bicyclic) bond motifs is 1. The number of benzene rings is 2. The first kappa shape index (κ1) is 16.7. The van der Waals surface area contributed by atoms with E-state index in [9.17, 15) is 4.79 Å². The zero-order valence-corrected chi connectivity index (χ0v) is 14.8. The van der Waals surface area contributed by atoms with Crippen LogP contribution in [0.2, 0.25) is 10.0 Å². The first-order chi connectivity index (χ1) is 11.3. The van der Waals surface area contributed by atoms with Crippen molar-refractivity contribution in [3.63, 3.8) is 0 Å². The SMILES string of the molecule is CC1(C)CN(NC(=O)Nc2ccc(Cl)cc2)c2cc(Cl)ccc2O1. The van der Waals surface area contributed by atoms with E-state index in [4.69, 9.17) is 27.9 Å². The van der Waals surface area contributed by atoms with Crippen molar-refractivity contribution >= 4 is 40.6 Å². The summed E-state index contributed by atoms with van der Waals surface area (Å²) in [7, 11) is 0. The molecule has 2 amide bonds. The van der Waals surface area contributed by atoms with Gasteiger partial charge in [-0.2, -0.15) is 0 Å². The molecular formula is C17H17Cl2N3O2. The molecular weight excluding hydrogens is 349 g/mol. The van der Waals surface area contributed by atoms with Crippen LogP contribution >= 0.6 is 23.2 Å². The first-order valence-electron chi connectivity index (χ1n) is 7.42. The van der Waals surface area contributed by atoms with Crippen LogP contribution < -0.4 is 20.5 Å². The summed E-state index contributed by atoms with van der Waals surface area (Å²) in [6, 6.07) is 11.8. The third kappa shape index (κ3) is 3.86. The maximum absolute atomic E-state index is 12.3. The molecule has 1 aliphatic heterocycles. The molecule has 0 saturated carbocycles. The molecule has 0 radical (unpaired) electrons. The lowest BCUT2D eigenvalue weighted by Crippen LogP contribution is -2.55. The highest BCUT2D eigenvalue weighted by Crippen LogP contribution is 2.37. The van der Waals surface area contributed by atoms with Crippen LogP contribution in [0.5, 0.6) is 5.75 Å². The molecule has 0 fully saturated rings. The number of halogens is 2. The second kappa shape index (κ2) is 6.42. The average molecular weight is 366 g/mol. The van der Waals surface area contributed by atoms with Gasteiger partial charge in [0.2, 0.25) is 0 Å². The molecule has 0 atom stereocenters. The monoisotopic (exact) mass is 365 g/mol. The number of anilines is 2. The highest BCUT2D eigenvalue weighted by molar-refractivity contribution is 6.31. The molecule has 126 valence electrons. The lowest BCUT2D eigenvalue weighted by Gasteiger charge is -2.40. The summed E-state index contributed by atoms with van der Waals surface area (Å²) < 4.78 is 5.93. The summed E-state index contributed by atoms with van der Waals surface area (Å²) in [5.41, 5.74) is 3.75. The van der Waals surface area contributed by atoms with E-state index in [0.29, 0.717) is 33.7 Å². The largest absolute Gasteiger partial charge is 0.484 e. The number of hydrazine groups is 1. The molecule has 0 spiro atoms. The summed E-state index contributed by atoms with van der Waals surface area (Å²) in [5.74, 6) is 0.669. The molecule has 0 saturated heterocycles. The van der Waals surface area contributed by atoms with E-state index < -0.39 is 5.60 Å². The van der Waals surface area contributed by atoms with Gasteiger partial charge >= 0.3 is 6.03 Å². The lowest BCUT2D eigenvalue weighted by molar-refractivity contribution is 0.102. The Hall–Kier alpha value is -2.11. The smallest absolute Gasteiger partial charge is 0.338 e. The Morgan fingerprint density at radius 3 is 2.50 bits per heavy atom. The molecule has 1 aliphatic rings. The topological polar surface area (TPSA) is 53.6 Å². The maximum Gasteiger partial charge on any atom is 0.338 e. The van der Waals surface area contributed by atoms with Gasteiger partial charge in [-0.1, -0.05) is 23.2 Å². The molecule has 0 bridgehead atoms. The molecule has 1 heterocycles. The summed E-state index contributed by atoms with van der Waals surface area (Å²) in [6.07, 6.45) is 0. The minimum Gasteiger partial charge on any atom is -0.484 e. The second-order valence-corrected chi connectivity index (χ2v) is 7.01. The Bertz CT molecular complexity index is 763. The Kier molecular flexibility index (Phi) is 4.47. The zero-order valence-electron chi connectivity index (χ0n) is 13.3. The van der Waals surface area contributed by atoms with Gasteiger partial charge in [0, 0.05) is 15.7 Å². The Labute approximate surface area is 150 Å². The molecule has 5 nitrogen and oxygen atoms in total. The number of carbonyl (C=O) groups is 1. The highest BCUT2D eigenvalue weighted by atomic mass is 35.5. The third-order valence-corrected chi connectivity index (χ3v) is 3.96. The van der Waals surface area contributed by atoms with E-state index in [1.807, 2.05) is 13.8 Å². The number of ether oxygens (including phenoxy) is 1. The average Bonchev–Trinajstić information content (AvgIpc) is 2.49. The van der Waals surface area contributed by atoms with Crippen molar-refractivity contribution in [1.29, 1.82) is 0 Å². The normalized spacial score (nSPS) is 15.2. The van der Waals surface area contributed by atoms with E-state index in [0.717, 1.165) is 0 Å².